The summed E-state index contributed by atoms with van der Waals surface area (Å²) in [5, 5.41) is 3.04. The molecule has 0 unspecified atom stereocenters. The van der Waals surface area contributed by atoms with E-state index >= 15 is 0 Å². The van der Waals surface area contributed by atoms with Gasteiger partial charge in [0.25, 0.3) is 0 Å². The molecule has 1 heterocycles. The zero-order valence-electron chi connectivity index (χ0n) is 18.4. The SMILES string of the molecule is Cc1ccc2c(c1)[C@H](NC(=O)CN(c1c(C)cccc1C)S(C)(=O)=O)CC(C)(C)O2. The molecule has 0 aliphatic carbocycles. The first kappa shape index (κ1) is 22.2. The number of carbonyl (C=O) groups is 1. The second kappa shape index (κ2) is 7.95. The van der Waals surface area contributed by atoms with Crippen LogP contribution in [-0.2, 0) is 14.8 Å². The average molecular weight is 431 g/mol. The highest BCUT2D eigenvalue weighted by Crippen LogP contribution is 2.40. The maximum atomic E-state index is 13.0. The molecule has 2 aromatic rings. The molecule has 1 N–H and O–H groups in total. The maximum Gasteiger partial charge on any atom is 0.241 e. The van der Waals surface area contributed by atoms with Crippen molar-refractivity contribution in [3.8, 4) is 5.75 Å². The molecule has 1 amide bonds. The molecule has 0 saturated heterocycles. The summed E-state index contributed by atoms with van der Waals surface area (Å²) < 4.78 is 32.3. The third kappa shape index (κ3) is 4.78. The highest BCUT2D eigenvalue weighted by Gasteiger charge is 2.35. The van der Waals surface area contributed by atoms with E-state index in [0.29, 0.717) is 12.1 Å². The van der Waals surface area contributed by atoms with E-state index in [1.165, 1.54) is 4.31 Å². The fourth-order valence-electron chi connectivity index (χ4n) is 4.03. The molecule has 0 fully saturated rings. The van der Waals surface area contributed by atoms with Gasteiger partial charge in [0.1, 0.15) is 17.9 Å². The van der Waals surface area contributed by atoms with Crippen LogP contribution in [-0.4, -0.2) is 32.7 Å². The first-order valence-corrected chi connectivity index (χ1v) is 11.8. The molecule has 1 aliphatic heterocycles. The van der Waals surface area contributed by atoms with Crippen molar-refractivity contribution in [1.29, 1.82) is 0 Å². The number of hydrogen-bond acceptors (Lipinski definition) is 4. The molecule has 0 saturated carbocycles. The summed E-state index contributed by atoms with van der Waals surface area (Å²) in [7, 11) is -3.64. The molecule has 0 radical (unpaired) electrons. The van der Waals surface area contributed by atoms with Crippen molar-refractivity contribution in [2.45, 2.75) is 52.7 Å². The predicted molar refractivity (Wildman–Crippen MR) is 119 cm³/mol. The summed E-state index contributed by atoms with van der Waals surface area (Å²) in [5.41, 5.74) is 3.72. The van der Waals surface area contributed by atoms with Crippen LogP contribution in [0.25, 0.3) is 0 Å². The van der Waals surface area contributed by atoms with Crippen LogP contribution in [0.5, 0.6) is 5.75 Å². The molecule has 30 heavy (non-hydrogen) atoms. The van der Waals surface area contributed by atoms with Gasteiger partial charge in [0.15, 0.2) is 0 Å². The Morgan fingerprint density at radius 3 is 2.40 bits per heavy atom. The fraction of sp³-hybridized carbons (Fsp3) is 0.435. The molecule has 162 valence electrons. The van der Waals surface area contributed by atoms with Crippen molar-refractivity contribution < 1.29 is 17.9 Å². The number of amides is 1. The smallest absolute Gasteiger partial charge is 0.241 e. The summed E-state index contributed by atoms with van der Waals surface area (Å²) in [6.07, 6.45) is 1.72. The molecule has 0 spiro atoms. The van der Waals surface area contributed by atoms with E-state index in [4.69, 9.17) is 4.74 Å². The number of nitrogens with one attached hydrogen (secondary N) is 1. The van der Waals surface area contributed by atoms with E-state index in [-0.39, 0.29) is 18.5 Å². The van der Waals surface area contributed by atoms with Crippen LogP contribution < -0.4 is 14.4 Å². The highest BCUT2D eigenvalue weighted by atomic mass is 32.2. The normalized spacial score (nSPS) is 17.6. The number of anilines is 1. The second-order valence-corrected chi connectivity index (χ2v) is 10.6. The van der Waals surface area contributed by atoms with Gasteiger partial charge in [-0.2, -0.15) is 0 Å². The molecular weight excluding hydrogens is 400 g/mol. The molecule has 3 rings (SSSR count). The van der Waals surface area contributed by atoms with Gasteiger partial charge in [0, 0.05) is 12.0 Å². The van der Waals surface area contributed by atoms with Crippen LogP contribution in [0.2, 0.25) is 0 Å². The summed E-state index contributed by atoms with van der Waals surface area (Å²) >= 11 is 0. The molecule has 0 bridgehead atoms. The standard InChI is InChI=1S/C23H30N2O4S/c1-15-10-11-20-18(12-15)19(13-23(4,5)29-20)24-21(26)14-25(30(6,27)28)22-16(2)8-7-9-17(22)3/h7-12,19H,13-14H2,1-6H3,(H,24,26)/t19-/m1/s1. The van der Waals surface area contributed by atoms with Crippen molar-refractivity contribution >= 4 is 21.6 Å². The van der Waals surface area contributed by atoms with E-state index in [2.05, 4.69) is 5.32 Å². The fourth-order valence-corrected chi connectivity index (χ4v) is 5.01. The van der Waals surface area contributed by atoms with Gasteiger partial charge in [0.2, 0.25) is 15.9 Å². The van der Waals surface area contributed by atoms with Crippen molar-refractivity contribution in [1.82, 2.24) is 5.32 Å². The van der Waals surface area contributed by atoms with Gasteiger partial charge in [0.05, 0.1) is 18.0 Å². The van der Waals surface area contributed by atoms with E-state index in [0.717, 1.165) is 34.3 Å². The molecule has 1 atom stereocenters. The third-order valence-electron chi connectivity index (χ3n) is 5.33. The van der Waals surface area contributed by atoms with Crippen molar-refractivity contribution in [2.24, 2.45) is 0 Å². The number of ether oxygens (including phenoxy) is 1. The van der Waals surface area contributed by atoms with Crippen molar-refractivity contribution in [2.75, 3.05) is 17.1 Å². The highest BCUT2D eigenvalue weighted by molar-refractivity contribution is 7.92. The molecule has 1 aliphatic rings. The summed E-state index contributed by atoms with van der Waals surface area (Å²) in [6.45, 7) is 9.37. The van der Waals surface area contributed by atoms with Crippen molar-refractivity contribution in [3.63, 3.8) is 0 Å². The number of carbonyl (C=O) groups excluding carboxylic acids is 1. The van der Waals surface area contributed by atoms with Crippen molar-refractivity contribution in [3.05, 3.63) is 58.7 Å². The number of rotatable bonds is 5. The lowest BCUT2D eigenvalue weighted by Gasteiger charge is -2.38. The topological polar surface area (TPSA) is 75.7 Å². The van der Waals surface area contributed by atoms with E-state index in [9.17, 15) is 13.2 Å². The molecular formula is C23H30N2O4S. The number of sulfonamides is 1. The Labute approximate surface area is 179 Å². The number of hydrogen-bond donors (Lipinski definition) is 1. The lowest BCUT2D eigenvalue weighted by atomic mass is 9.89. The summed E-state index contributed by atoms with van der Waals surface area (Å²) in [4.78, 5) is 13.0. The van der Waals surface area contributed by atoms with Crippen LogP contribution in [0.15, 0.2) is 36.4 Å². The molecule has 6 nitrogen and oxygen atoms in total. The number of nitrogens with zero attached hydrogens (tertiary/aromatic N) is 1. The third-order valence-corrected chi connectivity index (χ3v) is 6.45. The monoisotopic (exact) mass is 430 g/mol. The first-order chi connectivity index (χ1) is 13.9. The maximum absolute atomic E-state index is 13.0. The van der Waals surface area contributed by atoms with Crippen LogP contribution >= 0.6 is 0 Å². The Morgan fingerprint density at radius 1 is 1.17 bits per heavy atom. The lowest BCUT2D eigenvalue weighted by molar-refractivity contribution is -0.120. The minimum absolute atomic E-state index is 0.254. The van der Waals surface area contributed by atoms with Gasteiger partial charge in [-0.25, -0.2) is 8.42 Å². The minimum atomic E-state index is -3.64. The van der Waals surface area contributed by atoms with Gasteiger partial charge in [-0.1, -0.05) is 35.9 Å². The van der Waals surface area contributed by atoms with Gasteiger partial charge >= 0.3 is 0 Å². The lowest BCUT2D eigenvalue weighted by Crippen LogP contribution is -2.45. The molecule has 7 heteroatoms. The van der Waals surface area contributed by atoms with E-state index < -0.39 is 15.6 Å². The Bertz CT molecular complexity index is 1060. The van der Waals surface area contributed by atoms with Crippen LogP contribution in [0.4, 0.5) is 5.69 Å². The van der Waals surface area contributed by atoms with E-state index in [1.807, 2.05) is 71.0 Å². The largest absolute Gasteiger partial charge is 0.487 e. The summed E-state index contributed by atoms with van der Waals surface area (Å²) in [6, 6.07) is 11.2. The minimum Gasteiger partial charge on any atom is -0.487 e. The number of fused-ring (bicyclic) bond motifs is 1. The van der Waals surface area contributed by atoms with Crippen LogP contribution in [0.1, 0.15) is 48.6 Å². The van der Waals surface area contributed by atoms with Gasteiger partial charge < -0.3 is 10.1 Å². The molecule has 0 aromatic heterocycles. The van der Waals surface area contributed by atoms with Gasteiger partial charge in [-0.05, 0) is 51.8 Å². The van der Waals surface area contributed by atoms with Gasteiger partial charge in [-0.3, -0.25) is 9.10 Å². The average Bonchev–Trinajstić information content (AvgIpc) is 2.60. The molecule has 2 aromatic carbocycles. The number of benzene rings is 2. The zero-order valence-corrected chi connectivity index (χ0v) is 19.3. The predicted octanol–water partition coefficient (Wildman–Crippen LogP) is 3.80. The second-order valence-electron chi connectivity index (χ2n) is 8.74. The first-order valence-electron chi connectivity index (χ1n) is 10.0. The summed E-state index contributed by atoms with van der Waals surface area (Å²) in [5.74, 6) is 0.398. The van der Waals surface area contributed by atoms with Crippen LogP contribution in [0, 0.1) is 20.8 Å². The number of para-hydroxylation sites is 1. The Kier molecular flexibility index (Phi) is 5.87. The van der Waals surface area contributed by atoms with Gasteiger partial charge in [-0.15, -0.1) is 0 Å². The Hall–Kier alpha value is -2.54. The Balaban J connectivity index is 1.89. The zero-order chi connectivity index (χ0) is 22.3. The van der Waals surface area contributed by atoms with E-state index in [1.54, 1.807) is 0 Å². The quantitative estimate of drug-likeness (QED) is 0.783. The Morgan fingerprint density at radius 2 is 1.80 bits per heavy atom. The number of aryl methyl sites for hydroxylation is 3. The van der Waals surface area contributed by atoms with Crippen LogP contribution in [0.3, 0.4) is 0 Å².